The third kappa shape index (κ3) is 3.85. The van der Waals surface area contributed by atoms with Crippen LogP contribution in [0.4, 0.5) is 14.6 Å². The van der Waals surface area contributed by atoms with Gasteiger partial charge in [0.1, 0.15) is 5.75 Å². The number of rotatable bonds is 5. The third-order valence-corrected chi connectivity index (χ3v) is 7.42. The molecule has 8 nitrogen and oxygen atoms in total. The summed E-state index contributed by atoms with van der Waals surface area (Å²) in [4.78, 5) is 18.0. The van der Waals surface area contributed by atoms with E-state index in [1.807, 2.05) is 0 Å². The van der Waals surface area contributed by atoms with E-state index in [1.54, 1.807) is 42.4 Å². The number of phenolic OH excluding ortho intramolecular Hbond substituents is 1. The van der Waals surface area contributed by atoms with Crippen molar-refractivity contribution in [1.82, 2.24) is 25.1 Å². The number of fused-ring (bicyclic) bond motifs is 2. The van der Waals surface area contributed by atoms with Gasteiger partial charge in [-0.15, -0.1) is 10.2 Å². The van der Waals surface area contributed by atoms with Crippen LogP contribution < -0.4 is 15.8 Å². The SMILES string of the molecule is Cn1ccc(-c2ccc(-c3ncc(N(C4CC4)[C@@H]4C[C@@H]5CC[C@@H](N5)C4(F)F)nn3)c(O)c2)cc1=O. The number of anilines is 1. The predicted molar refractivity (Wildman–Crippen MR) is 126 cm³/mol. The van der Waals surface area contributed by atoms with Crippen molar-refractivity contribution in [2.24, 2.45) is 7.05 Å². The maximum Gasteiger partial charge on any atom is 0.283 e. The first-order chi connectivity index (χ1) is 16.8. The zero-order valence-electron chi connectivity index (χ0n) is 19.2. The molecular formula is C25H26F2N6O2. The van der Waals surface area contributed by atoms with Crippen molar-refractivity contribution in [3.8, 4) is 28.3 Å². The number of benzene rings is 1. The Bertz CT molecular complexity index is 1320. The van der Waals surface area contributed by atoms with Gasteiger partial charge in [-0.05, 0) is 61.4 Å². The Balaban J connectivity index is 1.28. The fourth-order valence-electron chi connectivity index (χ4n) is 5.36. The van der Waals surface area contributed by atoms with E-state index < -0.39 is 18.0 Å². The van der Waals surface area contributed by atoms with E-state index in [2.05, 4.69) is 20.5 Å². The lowest BCUT2D eigenvalue weighted by Gasteiger charge is -2.43. The Hall–Kier alpha value is -3.40. The Kier molecular flexibility index (Phi) is 5.10. The smallest absolute Gasteiger partial charge is 0.283 e. The van der Waals surface area contributed by atoms with Crippen LogP contribution in [0.2, 0.25) is 0 Å². The lowest BCUT2D eigenvalue weighted by Crippen LogP contribution is -2.63. The fraction of sp³-hybridized carbons (Fsp3) is 0.440. The molecule has 6 rings (SSSR count). The van der Waals surface area contributed by atoms with Gasteiger partial charge in [0, 0.05) is 31.4 Å². The van der Waals surface area contributed by atoms with Crippen LogP contribution >= 0.6 is 0 Å². The van der Waals surface area contributed by atoms with Gasteiger partial charge < -0.3 is 19.9 Å². The van der Waals surface area contributed by atoms with Crippen LogP contribution in [-0.2, 0) is 7.05 Å². The zero-order valence-corrected chi connectivity index (χ0v) is 19.2. The maximum atomic E-state index is 15.3. The van der Waals surface area contributed by atoms with Crippen LogP contribution in [-0.4, -0.2) is 54.9 Å². The van der Waals surface area contributed by atoms with Crippen molar-refractivity contribution in [3.05, 3.63) is 53.1 Å². The molecule has 1 saturated carbocycles. The molecule has 35 heavy (non-hydrogen) atoms. The number of phenols is 1. The highest BCUT2D eigenvalue weighted by molar-refractivity contribution is 5.72. The van der Waals surface area contributed by atoms with Crippen LogP contribution in [0.1, 0.15) is 32.1 Å². The molecule has 2 aromatic heterocycles. The first-order valence-corrected chi connectivity index (χ1v) is 11.9. The van der Waals surface area contributed by atoms with Gasteiger partial charge in [0.25, 0.3) is 11.5 Å². The number of piperidine rings is 1. The first-order valence-electron chi connectivity index (χ1n) is 11.9. The van der Waals surface area contributed by atoms with E-state index in [0.717, 1.165) is 19.3 Å². The van der Waals surface area contributed by atoms with Crippen molar-refractivity contribution in [3.63, 3.8) is 0 Å². The number of nitrogens with one attached hydrogen (secondary N) is 1. The topological polar surface area (TPSA) is 96.2 Å². The average molecular weight is 481 g/mol. The van der Waals surface area contributed by atoms with Crippen molar-refractivity contribution in [2.45, 2.75) is 62.2 Å². The lowest BCUT2D eigenvalue weighted by atomic mass is 9.93. The number of nitrogens with zero attached hydrogens (tertiary/aromatic N) is 5. The maximum absolute atomic E-state index is 15.3. The minimum absolute atomic E-state index is 0.0246. The van der Waals surface area contributed by atoms with E-state index >= 15 is 8.78 Å². The molecule has 182 valence electrons. The van der Waals surface area contributed by atoms with Crippen LogP contribution in [0.15, 0.2) is 47.5 Å². The Morgan fingerprint density at radius 3 is 2.60 bits per heavy atom. The van der Waals surface area contributed by atoms with E-state index in [0.29, 0.717) is 35.3 Å². The van der Waals surface area contributed by atoms with E-state index in [-0.39, 0.29) is 29.2 Å². The summed E-state index contributed by atoms with van der Waals surface area (Å²) in [6, 6.07) is 6.66. The third-order valence-electron chi connectivity index (χ3n) is 7.42. The van der Waals surface area contributed by atoms with Gasteiger partial charge in [-0.2, -0.15) is 0 Å². The van der Waals surface area contributed by atoms with E-state index in [1.165, 1.54) is 16.8 Å². The summed E-state index contributed by atoms with van der Waals surface area (Å²) in [5.74, 6) is -2.37. The molecule has 2 aliphatic heterocycles. The van der Waals surface area contributed by atoms with Gasteiger partial charge in [-0.1, -0.05) is 6.07 Å². The van der Waals surface area contributed by atoms with Crippen molar-refractivity contribution >= 4 is 5.82 Å². The van der Waals surface area contributed by atoms with E-state index in [9.17, 15) is 9.90 Å². The molecule has 3 fully saturated rings. The normalized spacial score (nSPS) is 24.9. The summed E-state index contributed by atoms with van der Waals surface area (Å²) in [6.45, 7) is 0. The molecule has 3 aliphatic rings. The highest BCUT2D eigenvalue weighted by Crippen LogP contribution is 2.45. The summed E-state index contributed by atoms with van der Waals surface area (Å²) in [5.41, 5.74) is 1.58. The quantitative estimate of drug-likeness (QED) is 0.579. The summed E-state index contributed by atoms with van der Waals surface area (Å²) in [7, 11) is 1.67. The molecule has 0 radical (unpaired) electrons. The second kappa shape index (κ2) is 8.08. The average Bonchev–Trinajstić information content (AvgIpc) is 3.58. The monoisotopic (exact) mass is 480 g/mol. The molecule has 10 heteroatoms. The molecule has 1 aliphatic carbocycles. The highest BCUT2D eigenvalue weighted by Gasteiger charge is 2.58. The predicted octanol–water partition coefficient (Wildman–Crippen LogP) is 3.11. The Labute approximate surface area is 200 Å². The molecule has 0 unspecified atom stereocenters. The highest BCUT2D eigenvalue weighted by atomic mass is 19.3. The van der Waals surface area contributed by atoms with Gasteiger partial charge >= 0.3 is 0 Å². The number of aromatic nitrogens is 4. The van der Waals surface area contributed by atoms with Crippen molar-refractivity contribution < 1.29 is 13.9 Å². The Morgan fingerprint density at radius 2 is 1.91 bits per heavy atom. The molecule has 2 N–H and O–H groups in total. The van der Waals surface area contributed by atoms with Gasteiger partial charge in [-0.3, -0.25) is 4.79 Å². The van der Waals surface area contributed by atoms with Crippen molar-refractivity contribution in [1.29, 1.82) is 0 Å². The van der Waals surface area contributed by atoms with Crippen LogP contribution in [0.25, 0.3) is 22.5 Å². The molecule has 2 bridgehead atoms. The number of pyridine rings is 1. The molecule has 0 amide bonds. The number of aryl methyl sites for hydroxylation is 1. The minimum Gasteiger partial charge on any atom is -0.507 e. The summed E-state index contributed by atoms with van der Waals surface area (Å²) >= 11 is 0. The lowest BCUT2D eigenvalue weighted by molar-refractivity contribution is -0.0743. The number of hydrogen-bond acceptors (Lipinski definition) is 7. The summed E-state index contributed by atoms with van der Waals surface area (Å²) < 4.78 is 32.0. The van der Waals surface area contributed by atoms with Crippen LogP contribution in [0.5, 0.6) is 5.75 Å². The number of aromatic hydroxyl groups is 1. The second-order valence-corrected chi connectivity index (χ2v) is 9.79. The minimum atomic E-state index is -2.86. The molecule has 3 atom stereocenters. The van der Waals surface area contributed by atoms with Crippen molar-refractivity contribution in [2.75, 3.05) is 4.90 Å². The molecule has 2 saturated heterocycles. The summed E-state index contributed by atoms with van der Waals surface area (Å²) in [6.07, 6.45) is 6.47. The molecule has 3 aromatic rings. The number of halogens is 2. The first kappa shape index (κ1) is 22.1. The van der Waals surface area contributed by atoms with Gasteiger partial charge in [0.05, 0.1) is 23.8 Å². The number of alkyl halides is 2. The number of hydrogen-bond donors (Lipinski definition) is 2. The molecular weight excluding hydrogens is 454 g/mol. The second-order valence-electron chi connectivity index (χ2n) is 9.79. The van der Waals surface area contributed by atoms with Gasteiger partial charge in [0.2, 0.25) is 0 Å². The zero-order chi connectivity index (χ0) is 24.3. The standard InChI is InChI=1S/C25H26F2N6O2/c1-32-9-8-15(11-23(32)35)14-2-6-18(19(34)10-14)24-28-13-22(30-31-24)33(17-4-5-17)21-12-16-3-7-20(29-16)25(21,26)27/h2,6,8-11,13,16-17,20-21,29,34H,3-5,7,12H2,1H3/t16-,20+,21+/m0/s1. The molecule has 4 heterocycles. The largest absolute Gasteiger partial charge is 0.507 e. The molecule has 0 spiro atoms. The Morgan fingerprint density at radius 1 is 1.11 bits per heavy atom. The fourth-order valence-corrected chi connectivity index (χ4v) is 5.36. The van der Waals surface area contributed by atoms with Gasteiger partial charge in [0.15, 0.2) is 11.6 Å². The van der Waals surface area contributed by atoms with Gasteiger partial charge in [-0.25, -0.2) is 13.8 Å². The summed E-state index contributed by atoms with van der Waals surface area (Å²) in [5, 5.41) is 22.2. The van der Waals surface area contributed by atoms with E-state index in [4.69, 9.17) is 0 Å². The van der Waals surface area contributed by atoms with Crippen LogP contribution in [0.3, 0.4) is 0 Å². The van der Waals surface area contributed by atoms with Crippen LogP contribution in [0, 0.1) is 0 Å². The molecule has 1 aromatic carbocycles.